The molecule has 0 atom stereocenters. The first-order chi connectivity index (χ1) is 7.63. The summed E-state index contributed by atoms with van der Waals surface area (Å²) >= 11 is 0. The number of benzene rings is 2. The number of rotatable bonds is 2. The Morgan fingerprint density at radius 2 is 1.88 bits per heavy atom. The number of hydrogen-bond acceptors (Lipinski definition) is 1. The predicted molar refractivity (Wildman–Crippen MR) is 69.3 cm³/mol. The van der Waals surface area contributed by atoms with Gasteiger partial charge in [0.05, 0.1) is 7.11 Å². The minimum absolute atomic E-state index is 0.486. The molecule has 1 nitrogen and oxygen atoms in total. The fraction of sp³-hybridized carbons (Fsp3) is 0.333. The zero-order chi connectivity index (χ0) is 11.7. The summed E-state index contributed by atoms with van der Waals surface area (Å²) in [5.74, 6) is 1.48. The second kappa shape index (κ2) is 4.17. The van der Waals surface area contributed by atoms with E-state index < -0.39 is 0 Å². The first-order valence-electron chi connectivity index (χ1n) is 5.70. The second-order valence-electron chi connectivity index (χ2n) is 4.54. The minimum Gasteiger partial charge on any atom is -0.496 e. The third kappa shape index (κ3) is 1.78. The predicted octanol–water partition coefficient (Wildman–Crippen LogP) is 4.28. The summed E-state index contributed by atoms with van der Waals surface area (Å²) in [6.07, 6.45) is 0. The molecule has 0 bridgehead atoms. The maximum Gasteiger partial charge on any atom is 0.122 e. The smallest absolute Gasteiger partial charge is 0.122 e. The highest BCUT2D eigenvalue weighted by Crippen LogP contribution is 2.32. The van der Waals surface area contributed by atoms with Crippen LogP contribution in [-0.2, 0) is 0 Å². The molecular formula is C15H18O. The molecule has 2 rings (SSSR count). The molecule has 0 fully saturated rings. The van der Waals surface area contributed by atoms with E-state index in [0.29, 0.717) is 5.92 Å². The highest BCUT2D eigenvalue weighted by molar-refractivity contribution is 5.88. The van der Waals surface area contributed by atoms with Crippen LogP contribution in [0.4, 0.5) is 0 Å². The van der Waals surface area contributed by atoms with Gasteiger partial charge in [0, 0.05) is 0 Å². The Kier molecular flexibility index (Phi) is 2.86. The van der Waals surface area contributed by atoms with E-state index in [9.17, 15) is 0 Å². The van der Waals surface area contributed by atoms with Gasteiger partial charge in [0.15, 0.2) is 0 Å². The number of aryl methyl sites for hydroxylation is 1. The lowest BCUT2D eigenvalue weighted by molar-refractivity contribution is 0.408. The van der Waals surface area contributed by atoms with Gasteiger partial charge < -0.3 is 4.74 Å². The van der Waals surface area contributed by atoms with Gasteiger partial charge in [0.25, 0.3) is 0 Å². The van der Waals surface area contributed by atoms with E-state index in [-0.39, 0.29) is 0 Å². The van der Waals surface area contributed by atoms with Gasteiger partial charge >= 0.3 is 0 Å². The molecule has 0 saturated carbocycles. The third-order valence-electron chi connectivity index (χ3n) is 3.07. The molecule has 0 aliphatic carbocycles. The van der Waals surface area contributed by atoms with Crippen molar-refractivity contribution >= 4 is 10.8 Å². The molecule has 1 heteroatoms. The average Bonchev–Trinajstić information content (AvgIpc) is 2.28. The van der Waals surface area contributed by atoms with Crippen molar-refractivity contribution in [3.05, 3.63) is 41.5 Å². The van der Waals surface area contributed by atoms with Crippen LogP contribution in [0.2, 0.25) is 0 Å². The Hall–Kier alpha value is -1.50. The monoisotopic (exact) mass is 214 g/mol. The van der Waals surface area contributed by atoms with Gasteiger partial charge in [-0.3, -0.25) is 0 Å². The molecule has 0 spiro atoms. The van der Waals surface area contributed by atoms with Crippen molar-refractivity contribution in [2.24, 2.45) is 0 Å². The lowest BCUT2D eigenvalue weighted by Gasteiger charge is -2.14. The topological polar surface area (TPSA) is 9.23 Å². The van der Waals surface area contributed by atoms with Crippen LogP contribution in [0.25, 0.3) is 10.8 Å². The molecule has 0 aromatic heterocycles. The normalized spacial score (nSPS) is 11.1. The standard InChI is InChI=1S/C15H18O/c1-10(2)13-8-12-7-5-6-11(3)14(12)9-15(13)16-4/h5-10H,1-4H3. The first kappa shape index (κ1) is 11.0. The Morgan fingerprint density at radius 1 is 1.12 bits per heavy atom. The number of hydrogen-bond donors (Lipinski definition) is 0. The largest absolute Gasteiger partial charge is 0.496 e. The van der Waals surface area contributed by atoms with E-state index in [1.54, 1.807) is 7.11 Å². The van der Waals surface area contributed by atoms with Crippen LogP contribution >= 0.6 is 0 Å². The maximum absolute atomic E-state index is 5.47. The van der Waals surface area contributed by atoms with Crippen molar-refractivity contribution in [2.45, 2.75) is 26.7 Å². The molecule has 0 saturated heterocycles. The van der Waals surface area contributed by atoms with Gasteiger partial charge in [-0.15, -0.1) is 0 Å². The fourth-order valence-electron chi connectivity index (χ4n) is 2.11. The Bertz CT molecular complexity index is 512. The Morgan fingerprint density at radius 3 is 2.50 bits per heavy atom. The van der Waals surface area contributed by atoms with Crippen LogP contribution in [0.3, 0.4) is 0 Å². The maximum atomic E-state index is 5.47. The molecule has 0 aliphatic rings. The van der Waals surface area contributed by atoms with Crippen LogP contribution in [0.5, 0.6) is 5.75 Å². The molecule has 2 aromatic rings. The molecule has 0 aliphatic heterocycles. The number of ether oxygens (including phenoxy) is 1. The number of fused-ring (bicyclic) bond motifs is 1. The van der Waals surface area contributed by atoms with Gasteiger partial charge in [0.1, 0.15) is 5.75 Å². The molecular weight excluding hydrogens is 196 g/mol. The first-order valence-corrected chi connectivity index (χ1v) is 5.70. The van der Waals surface area contributed by atoms with Crippen molar-refractivity contribution in [1.82, 2.24) is 0 Å². The van der Waals surface area contributed by atoms with Crippen LogP contribution in [0.1, 0.15) is 30.9 Å². The van der Waals surface area contributed by atoms with Crippen molar-refractivity contribution in [3.8, 4) is 5.75 Å². The van der Waals surface area contributed by atoms with Crippen LogP contribution in [0, 0.1) is 6.92 Å². The Balaban J connectivity index is 2.75. The van der Waals surface area contributed by atoms with Gasteiger partial charge in [-0.05, 0) is 46.9 Å². The van der Waals surface area contributed by atoms with Gasteiger partial charge in [-0.2, -0.15) is 0 Å². The van der Waals surface area contributed by atoms with Crippen LogP contribution in [0.15, 0.2) is 30.3 Å². The van der Waals surface area contributed by atoms with E-state index in [4.69, 9.17) is 4.74 Å². The summed E-state index contributed by atoms with van der Waals surface area (Å²) in [5.41, 5.74) is 2.58. The molecule has 0 heterocycles. The average molecular weight is 214 g/mol. The zero-order valence-corrected chi connectivity index (χ0v) is 10.4. The SMILES string of the molecule is COc1cc2c(C)cccc2cc1C(C)C. The second-order valence-corrected chi connectivity index (χ2v) is 4.54. The van der Waals surface area contributed by atoms with Crippen molar-refractivity contribution < 1.29 is 4.74 Å². The summed E-state index contributed by atoms with van der Waals surface area (Å²) < 4.78 is 5.47. The van der Waals surface area contributed by atoms with E-state index in [1.807, 2.05) is 0 Å². The molecule has 0 N–H and O–H groups in total. The lowest BCUT2D eigenvalue weighted by Crippen LogP contribution is -1.95. The highest BCUT2D eigenvalue weighted by Gasteiger charge is 2.09. The van der Waals surface area contributed by atoms with E-state index >= 15 is 0 Å². The van der Waals surface area contributed by atoms with Crippen molar-refractivity contribution in [2.75, 3.05) is 7.11 Å². The van der Waals surface area contributed by atoms with Crippen molar-refractivity contribution in [1.29, 1.82) is 0 Å². The molecule has 0 radical (unpaired) electrons. The summed E-state index contributed by atoms with van der Waals surface area (Å²) in [5, 5.41) is 2.58. The minimum atomic E-state index is 0.486. The summed E-state index contributed by atoms with van der Waals surface area (Å²) in [7, 11) is 1.74. The van der Waals surface area contributed by atoms with E-state index in [0.717, 1.165) is 5.75 Å². The zero-order valence-electron chi connectivity index (χ0n) is 10.4. The van der Waals surface area contributed by atoms with Crippen LogP contribution < -0.4 is 4.74 Å². The highest BCUT2D eigenvalue weighted by atomic mass is 16.5. The number of methoxy groups -OCH3 is 1. The molecule has 0 unspecified atom stereocenters. The summed E-state index contributed by atoms with van der Waals surface area (Å²) in [6.45, 7) is 6.52. The third-order valence-corrected chi connectivity index (χ3v) is 3.07. The fourth-order valence-corrected chi connectivity index (χ4v) is 2.11. The van der Waals surface area contributed by atoms with Gasteiger partial charge in [-0.25, -0.2) is 0 Å². The Labute approximate surface area is 97.1 Å². The molecule has 84 valence electrons. The lowest BCUT2D eigenvalue weighted by atomic mass is 9.96. The molecule has 16 heavy (non-hydrogen) atoms. The quantitative estimate of drug-likeness (QED) is 0.725. The van der Waals surface area contributed by atoms with E-state index in [1.165, 1.54) is 21.9 Å². The van der Waals surface area contributed by atoms with E-state index in [2.05, 4.69) is 51.1 Å². The van der Waals surface area contributed by atoms with Gasteiger partial charge in [-0.1, -0.05) is 32.0 Å². The van der Waals surface area contributed by atoms with Crippen LogP contribution in [-0.4, -0.2) is 7.11 Å². The van der Waals surface area contributed by atoms with Gasteiger partial charge in [0.2, 0.25) is 0 Å². The molecule has 0 amide bonds. The summed E-state index contributed by atoms with van der Waals surface area (Å²) in [6, 6.07) is 10.8. The molecule has 2 aromatic carbocycles. The summed E-state index contributed by atoms with van der Waals surface area (Å²) in [4.78, 5) is 0. The van der Waals surface area contributed by atoms with Crippen molar-refractivity contribution in [3.63, 3.8) is 0 Å².